The fourth-order valence-corrected chi connectivity index (χ4v) is 9.76. The van der Waals surface area contributed by atoms with Crippen molar-refractivity contribution in [1.29, 1.82) is 0 Å². The van der Waals surface area contributed by atoms with E-state index in [-0.39, 0.29) is 5.92 Å². The molecule has 0 saturated heterocycles. The van der Waals surface area contributed by atoms with Gasteiger partial charge in [-0.15, -0.1) is 11.3 Å². The fraction of sp³-hybridized carbons (Fsp3) is 0.0400. The van der Waals surface area contributed by atoms with Crippen LogP contribution in [0.4, 0.5) is 0 Å². The van der Waals surface area contributed by atoms with Crippen LogP contribution >= 0.6 is 11.3 Å². The van der Waals surface area contributed by atoms with Crippen molar-refractivity contribution in [3.8, 4) is 16.8 Å². The van der Waals surface area contributed by atoms with Gasteiger partial charge in [0, 0.05) is 53.3 Å². The van der Waals surface area contributed by atoms with E-state index in [1.807, 2.05) is 17.4 Å². The summed E-state index contributed by atoms with van der Waals surface area (Å²) in [5.74, 6) is 0.0963. The Morgan fingerprint density at radius 3 is 1.87 bits per heavy atom. The van der Waals surface area contributed by atoms with Crippen molar-refractivity contribution in [2.24, 2.45) is 0 Å². The Morgan fingerprint density at radius 1 is 0.472 bits per heavy atom. The molecule has 1 atom stereocenters. The molecule has 0 radical (unpaired) electrons. The van der Waals surface area contributed by atoms with Crippen molar-refractivity contribution in [2.75, 3.05) is 0 Å². The zero-order valence-corrected chi connectivity index (χ0v) is 29.7. The van der Waals surface area contributed by atoms with Gasteiger partial charge >= 0.3 is 0 Å². The molecule has 3 aromatic heterocycles. The smallest absolute Gasteiger partial charge is 0.135 e. The lowest BCUT2D eigenvalue weighted by Gasteiger charge is -2.22. The van der Waals surface area contributed by atoms with E-state index in [0.717, 1.165) is 23.0 Å². The summed E-state index contributed by atoms with van der Waals surface area (Å²) in [4.78, 5) is 0. The third-order valence-corrected chi connectivity index (χ3v) is 12.2. The molecule has 3 heteroatoms. The molecule has 0 bridgehead atoms. The number of rotatable bonds is 6. The van der Waals surface area contributed by atoms with Crippen molar-refractivity contribution in [3.63, 3.8) is 0 Å². The van der Waals surface area contributed by atoms with Crippen molar-refractivity contribution in [1.82, 2.24) is 4.57 Å². The van der Waals surface area contributed by atoms with Crippen molar-refractivity contribution >= 4 is 75.3 Å². The second kappa shape index (κ2) is 12.1. The highest BCUT2D eigenvalue weighted by Crippen LogP contribution is 2.44. The van der Waals surface area contributed by atoms with Gasteiger partial charge in [0.1, 0.15) is 11.2 Å². The molecule has 1 unspecified atom stereocenters. The molecule has 0 N–H and O–H groups in total. The highest BCUT2D eigenvalue weighted by molar-refractivity contribution is 7.26. The number of benzene rings is 8. The topological polar surface area (TPSA) is 18.1 Å². The Morgan fingerprint density at radius 2 is 1.09 bits per heavy atom. The predicted molar refractivity (Wildman–Crippen MR) is 225 cm³/mol. The van der Waals surface area contributed by atoms with Crippen LogP contribution in [0.2, 0.25) is 0 Å². The first-order valence-electron chi connectivity index (χ1n) is 18.3. The summed E-state index contributed by atoms with van der Waals surface area (Å²) in [5, 5.41) is 7.49. The van der Waals surface area contributed by atoms with E-state index in [2.05, 4.69) is 180 Å². The Labute approximate surface area is 310 Å². The van der Waals surface area contributed by atoms with Gasteiger partial charge in [-0.1, -0.05) is 133 Å². The number of aromatic nitrogens is 1. The van der Waals surface area contributed by atoms with Gasteiger partial charge in [-0.2, -0.15) is 0 Å². The van der Waals surface area contributed by atoms with Crippen LogP contribution in [0, 0.1) is 0 Å². The number of nitrogens with zero attached hydrogens (tertiary/aromatic N) is 1. The van der Waals surface area contributed by atoms with Crippen molar-refractivity contribution in [2.45, 2.75) is 12.3 Å². The SMILES string of the molecule is c1ccc(-c2ccc(C(Cc3ccc4oc5ccccc5c4c3)c3cc(-n4c5ccccc5c5ccccc54)cc4c3sc3ccccc34)cc2)cc1. The monoisotopic (exact) mass is 695 g/mol. The number of hydrogen-bond donors (Lipinski definition) is 0. The summed E-state index contributed by atoms with van der Waals surface area (Å²) < 4.78 is 11.4. The summed E-state index contributed by atoms with van der Waals surface area (Å²) in [6.07, 6.45) is 0.847. The van der Waals surface area contributed by atoms with Gasteiger partial charge in [0.2, 0.25) is 0 Å². The highest BCUT2D eigenvalue weighted by atomic mass is 32.1. The third-order valence-electron chi connectivity index (χ3n) is 11.0. The molecule has 250 valence electrons. The molecule has 0 aliphatic carbocycles. The Hall–Kier alpha value is -6.42. The van der Waals surface area contributed by atoms with Gasteiger partial charge in [0.15, 0.2) is 0 Å². The lowest BCUT2D eigenvalue weighted by molar-refractivity contribution is 0.668. The molecule has 11 rings (SSSR count). The standard InChI is InChI=1S/C50H33NOS/c1-2-12-33(13-3-1)34-23-25-35(26-24-34)41(28-32-22-27-48-42(29-32)39-16-6-10-20-47(39)52-48)44-31-36(30-43-40-17-7-11-21-49(40)53-50(43)44)51-45-18-8-4-14-37(45)38-15-5-9-19-46(38)51/h1-27,29-31,41H,28H2. The quantitative estimate of drug-likeness (QED) is 0.169. The largest absolute Gasteiger partial charge is 0.456 e. The van der Waals surface area contributed by atoms with Crippen LogP contribution in [0.3, 0.4) is 0 Å². The van der Waals surface area contributed by atoms with E-state index >= 15 is 0 Å². The molecule has 0 saturated carbocycles. The number of furan rings is 1. The van der Waals surface area contributed by atoms with E-state index < -0.39 is 0 Å². The van der Waals surface area contributed by atoms with Crippen LogP contribution in [0.1, 0.15) is 22.6 Å². The maximum atomic E-state index is 6.25. The van der Waals surface area contributed by atoms with Gasteiger partial charge in [-0.25, -0.2) is 0 Å². The first kappa shape index (κ1) is 30.2. The summed E-state index contributed by atoms with van der Waals surface area (Å²) in [5.41, 5.74) is 11.9. The molecule has 11 aromatic rings. The minimum Gasteiger partial charge on any atom is -0.456 e. The van der Waals surface area contributed by atoms with Crippen LogP contribution in [-0.2, 0) is 6.42 Å². The van der Waals surface area contributed by atoms with Gasteiger partial charge in [0.05, 0.1) is 11.0 Å². The minimum absolute atomic E-state index is 0.0963. The van der Waals surface area contributed by atoms with Gasteiger partial charge in [0.25, 0.3) is 0 Å². The van der Waals surface area contributed by atoms with Crippen LogP contribution in [0.15, 0.2) is 186 Å². The lowest BCUT2D eigenvalue weighted by Crippen LogP contribution is -2.07. The minimum atomic E-state index is 0.0963. The molecule has 0 spiro atoms. The van der Waals surface area contributed by atoms with E-state index in [4.69, 9.17) is 4.42 Å². The van der Waals surface area contributed by atoms with Crippen LogP contribution in [0.5, 0.6) is 0 Å². The number of para-hydroxylation sites is 3. The molecule has 53 heavy (non-hydrogen) atoms. The van der Waals surface area contributed by atoms with Crippen LogP contribution < -0.4 is 0 Å². The van der Waals surface area contributed by atoms with Gasteiger partial charge < -0.3 is 8.98 Å². The molecule has 0 aliphatic heterocycles. The van der Waals surface area contributed by atoms with Gasteiger partial charge in [-0.05, 0) is 82.8 Å². The fourth-order valence-electron chi connectivity index (χ4n) is 8.51. The second-order valence-corrected chi connectivity index (χ2v) is 15.1. The van der Waals surface area contributed by atoms with Crippen molar-refractivity contribution < 1.29 is 4.42 Å². The average Bonchev–Trinajstić information content (AvgIpc) is 3.90. The maximum Gasteiger partial charge on any atom is 0.135 e. The zero-order chi connectivity index (χ0) is 34.9. The van der Waals surface area contributed by atoms with E-state index in [1.165, 1.54) is 80.9 Å². The average molecular weight is 696 g/mol. The summed E-state index contributed by atoms with van der Waals surface area (Å²) in [7, 11) is 0. The first-order valence-corrected chi connectivity index (χ1v) is 19.1. The van der Waals surface area contributed by atoms with Crippen LogP contribution in [0.25, 0.3) is 80.7 Å². The molecule has 2 nitrogen and oxygen atoms in total. The normalized spacial score (nSPS) is 12.5. The third kappa shape index (κ3) is 4.92. The summed E-state index contributed by atoms with van der Waals surface area (Å²) >= 11 is 1.92. The van der Waals surface area contributed by atoms with E-state index in [1.54, 1.807) is 0 Å². The molecule has 8 aromatic carbocycles. The van der Waals surface area contributed by atoms with E-state index in [9.17, 15) is 0 Å². The highest BCUT2D eigenvalue weighted by Gasteiger charge is 2.24. The first-order chi connectivity index (χ1) is 26.3. The van der Waals surface area contributed by atoms with Gasteiger partial charge in [-0.3, -0.25) is 0 Å². The zero-order valence-electron chi connectivity index (χ0n) is 28.9. The van der Waals surface area contributed by atoms with E-state index in [0.29, 0.717) is 0 Å². The molecular formula is C50H33NOS. The Balaban J connectivity index is 1.17. The molecule has 0 aliphatic rings. The molecule has 0 amide bonds. The molecular weight excluding hydrogens is 663 g/mol. The predicted octanol–water partition coefficient (Wildman–Crippen LogP) is 14.1. The summed E-state index contributed by atoms with van der Waals surface area (Å²) in [6.45, 7) is 0. The lowest BCUT2D eigenvalue weighted by atomic mass is 9.84. The number of fused-ring (bicyclic) bond motifs is 9. The Bertz CT molecular complexity index is 3090. The van der Waals surface area contributed by atoms with Crippen molar-refractivity contribution in [3.05, 3.63) is 199 Å². The Kier molecular flexibility index (Phi) is 6.89. The second-order valence-electron chi connectivity index (χ2n) is 14.1. The number of hydrogen-bond acceptors (Lipinski definition) is 2. The number of thiophene rings is 1. The molecule has 3 heterocycles. The molecule has 0 fully saturated rings. The maximum absolute atomic E-state index is 6.25. The van der Waals surface area contributed by atoms with Crippen LogP contribution in [-0.4, -0.2) is 4.57 Å². The summed E-state index contributed by atoms with van der Waals surface area (Å²) in [6, 6.07) is 66.5.